The van der Waals surface area contributed by atoms with Crippen LogP contribution in [0.25, 0.3) is 0 Å². The third-order valence-electron chi connectivity index (χ3n) is 3.70. The number of carbonyl (C=O) groups is 1. The van der Waals surface area contributed by atoms with Crippen molar-refractivity contribution in [3.05, 3.63) is 11.8 Å². The van der Waals surface area contributed by atoms with Crippen molar-refractivity contribution in [2.24, 2.45) is 5.92 Å². The molecule has 3 heteroatoms. The first-order valence-electron chi connectivity index (χ1n) is 7.41. The highest BCUT2D eigenvalue weighted by Gasteiger charge is 2.17. The number of allylic oxidation sites excluding steroid dienone is 1. The fourth-order valence-corrected chi connectivity index (χ4v) is 2.62. The maximum absolute atomic E-state index is 12.0. The molecule has 1 aliphatic carbocycles. The van der Waals surface area contributed by atoms with Gasteiger partial charge in [0.05, 0.1) is 0 Å². The van der Waals surface area contributed by atoms with E-state index in [0.717, 1.165) is 25.9 Å². The lowest BCUT2D eigenvalue weighted by atomic mass is 10.0. The Morgan fingerprint density at radius 2 is 1.78 bits per heavy atom. The predicted molar refractivity (Wildman–Crippen MR) is 76.4 cm³/mol. The van der Waals surface area contributed by atoms with Gasteiger partial charge in [0.15, 0.2) is 0 Å². The summed E-state index contributed by atoms with van der Waals surface area (Å²) >= 11 is 0. The summed E-state index contributed by atoms with van der Waals surface area (Å²) in [5.74, 6) is 0.691. The Hall–Kier alpha value is -0.990. The van der Waals surface area contributed by atoms with Crippen molar-refractivity contribution < 1.29 is 4.79 Å². The van der Waals surface area contributed by atoms with Gasteiger partial charge in [-0.05, 0) is 38.5 Å². The maximum atomic E-state index is 12.0. The average molecular weight is 252 g/mol. The standard InChI is InChI=1S/C15H28N2O/c1-4-10-17(11-5-2)15(18)16-12-13(3)14-8-6-7-9-14/h12,14H,4-11H2,1-3H3,(H,16,18)/b13-12+. The third-order valence-corrected chi connectivity index (χ3v) is 3.70. The van der Waals surface area contributed by atoms with Crippen LogP contribution in [-0.2, 0) is 0 Å². The molecule has 0 saturated heterocycles. The second kappa shape index (κ2) is 8.17. The first kappa shape index (κ1) is 15.1. The zero-order valence-electron chi connectivity index (χ0n) is 12.2. The average Bonchev–Trinajstić information content (AvgIpc) is 2.89. The molecule has 0 aliphatic heterocycles. The molecular weight excluding hydrogens is 224 g/mol. The Morgan fingerprint density at radius 1 is 1.22 bits per heavy atom. The Balaban J connectivity index is 2.43. The molecule has 3 nitrogen and oxygen atoms in total. The highest BCUT2D eigenvalue weighted by Crippen LogP contribution is 2.30. The van der Waals surface area contributed by atoms with Gasteiger partial charge in [0.1, 0.15) is 0 Å². The van der Waals surface area contributed by atoms with Gasteiger partial charge in [-0.1, -0.05) is 32.3 Å². The van der Waals surface area contributed by atoms with Crippen molar-refractivity contribution in [3.63, 3.8) is 0 Å². The molecule has 1 N–H and O–H groups in total. The molecule has 1 rings (SSSR count). The first-order valence-corrected chi connectivity index (χ1v) is 7.41. The van der Waals surface area contributed by atoms with E-state index in [1.54, 1.807) is 0 Å². The second-order valence-corrected chi connectivity index (χ2v) is 5.31. The number of nitrogens with zero attached hydrogens (tertiary/aromatic N) is 1. The number of nitrogens with one attached hydrogen (secondary N) is 1. The van der Waals surface area contributed by atoms with Crippen molar-refractivity contribution in [1.29, 1.82) is 0 Å². The fraction of sp³-hybridized carbons (Fsp3) is 0.800. The van der Waals surface area contributed by atoms with Crippen LogP contribution in [0.1, 0.15) is 59.3 Å². The minimum atomic E-state index is 0.0519. The van der Waals surface area contributed by atoms with E-state index in [1.807, 2.05) is 11.1 Å². The Kier molecular flexibility index (Phi) is 6.84. The summed E-state index contributed by atoms with van der Waals surface area (Å²) in [6.45, 7) is 8.04. The van der Waals surface area contributed by atoms with Crippen LogP contribution >= 0.6 is 0 Å². The van der Waals surface area contributed by atoms with Gasteiger partial charge in [0.25, 0.3) is 0 Å². The monoisotopic (exact) mass is 252 g/mol. The van der Waals surface area contributed by atoms with Gasteiger partial charge < -0.3 is 10.2 Å². The molecule has 0 aromatic rings. The van der Waals surface area contributed by atoms with E-state index < -0.39 is 0 Å². The van der Waals surface area contributed by atoms with Crippen LogP contribution in [0.2, 0.25) is 0 Å². The van der Waals surface area contributed by atoms with E-state index in [2.05, 4.69) is 26.1 Å². The minimum absolute atomic E-state index is 0.0519. The molecule has 0 atom stereocenters. The van der Waals surface area contributed by atoms with E-state index in [1.165, 1.54) is 31.3 Å². The summed E-state index contributed by atoms with van der Waals surface area (Å²) in [4.78, 5) is 13.9. The summed E-state index contributed by atoms with van der Waals surface area (Å²) in [6.07, 6.45) is 9.19. The molecule has 0 radical (unpaired) electrons. The van der Waals surface area contributed by atoms with Crippen LogP contribution in [-0.4, -0.2) is 24.0 Å². The first-order chi connectivity index (χ1) is 8.69. The van der Waals surface area contributed by atoms with Gasteiger partial charge in [-0.15, -0.1) is 0 Å². The van der Waals surface area contributed by atoms with Crippen LogP contribution in [0, 0.1) is 5.92 Å². The molecule has 18 heavy (non-hydrogen) atoms. The molecular formula is C15H28N2O. The summed E-state index contributed by atoms with van der Waals surface area (Å²) in [6, 6.07) is 0.0519. The Morgan fingerprint density at radius 3 is 2.28 bits per heavy atom. The fourth-order valence-electron chi connectivity index (χ4n) is 2.62. The molecule has 0 spiro atoms. The van der Waals surface area contributed by atoms with Gasteiger partial charge >= 0.3 is 6.03 Å². The lowest BCUT2D eigenvalue weighted by Crippen LogP contribution is -2.38. The molecule has 2 amide bonds. The van der Waals surface area contributed by atoms with Gasteiger partial charge in [0, 0.05) is 19.3 Å². The van der Waals surface area contributed by atoms with Crippen molar-refractivity contribution in [2.75, 3.05) is 13.1 Å². The quantitative estimate of drug-likeness (QED) is 0.763. The predicted octanol–water partition coefficient (Wildman–Crippen LogP) is 3.91. The van der Waals surface area contributed by atoms with Crippen LogP contribution in [0.5, 0.6) is 0 Å². The van der Waals surface area contributed by atoms with Crippen molar-refractivity contribution in [3.8, 4) is 0 Å². The highest BCUT2D eigenvalue weighted by molar-refractivity contribution is 5.75. The van der Waals surface area contributed by atoms with Gasteiger partial charge in [-0.25, -0.2) is 4.79 Å². The van der Waals surface area contributed by atoms with Crippen LogP contribution in [0.4, 0.5) is 4.79 Å². The molecule has 1 fully saturated rings. The van der Waals surface area contributed by atoms with Gasteiger partial charge in [-0.3, -0.25) is 0 Å². The van der Waals surface area contributed by atoms with Crippen molar-refractivity contribution in [1.82, 2.24) is 10.2 Å². The number of hydrogen-bond acceptors (Lipinski definition) is 1. The summed E-state index contributed by atoms with van der Waals surface area (Å²) in [5.41, 5.74) is 1.33. The molecule has 0 unspecified atom stereocenters. The van der Waals surface area contributed by atoms with Crippen molar-refractivity contribution in [2.45, 2.75) is 59.3 Å². The summed E-state index contributed by atoms with van der Waals surface area (Å²) in [7, 11) is 0. The lowest BCUT2D eigenvalue weighted by Gasteiger charge is -2.21. The number of urea groups is 1. The zero-order chi connectivity index (χ0) is 13.4. The number of rotatable bonds is 6. The lowest BCUT2D eigenvalue weighted by molar-refractivity contribution is 0.201. The minimum Gasteiger partial charge on any atom is -0.325 e. The molecule has 0 aromatic carbocycles. The molecule has 0 bridgehead atoms. The summed E-state index contributed by atoms with van der Waals surface area (Å²) in [5, 5.41) is 2.95. The number of amides is 2. The smallest absolute Gasteiger partial charge is 0.321 e. The third kappa shape index (κ3) is 4.71. The molecule has 0 aromatic heterocycles. The van der Waals surface area contributed by atoms with Crippen molar-refractivity contribution >= 4 is 6.03 Å². The molecule has 104 valence electrons. The topological polar surface area (TPSA) is 32.3 Å². The van der Waals surface area contributed by atoms with Gasteiger partial charge in [-0.2, -0.15) is 0 Å². The Labute approximate surface area is 112 Å². The SMILES string of the molecule is CCCN(CCC)C(=O)N/C=C(\C)C1CCCC1. The van der Waals surface area contributed by atoms with Crippen LogP contribution in [0.15, 0.2) is 11.8 Å². The highest BCUT2D eigenvalue weighted by atomic mass is 16.2. The molecule has 1 saturated carbocycles. The van der Waals surface area contributed by atoms with E-state index in [4.69, 9.17) is 0 Å². The largest absolute Gasteiger partial charge is 0.325 e. The van der Waals surface area contributed by atoms with Gasteiger partial charge in [0.2, 0.25) is 0 Å². The van der Waals surface area contributed by atoms with E-state index in [0.29, 0.717) is 5.92 Å². The number of carbonyl (C=O) groups excluding carboxylic acids is 1. The normalized spacial score (nSPS) is 16.9. The molecule has 0 heterocycles. The maximum Gasteiger partial charge on any atom is 0.321 e. The van der Waals surface area contributed by atoms with E-state index in [9.17, 15) is 4.79 Å². The number of hydrogen-bond donors (Lipinski definition) is 1. The zero-order valence-corrected chi connectivity index (χ0v) is 12.2. The van der Waals surface area contributed by atoms with E-state index >= 15 is 0 Å². The van der Waals surface area contributed by atoms with Crippen LogP contribution in [0.3, 0.4) is 0 Å². The summed E-state index contributed by atoms with van der Waals surface area (Å²) < 4.78 is 0. The second-order valence-electron chi connectivity index (χ2n) is 5.31. The van der Waals surface area contributed by atoms with E-state index in [-0.39, 0.29) is 6.03 Å². The Bertz CT molecular complexity index is 274. The molecule has 1 aliphatic rings. The van der Waals surface area contributed by atoms with Crippen LogP contribution < -0.4 is 5.32 Å².